The molecule has 49 heavy (non-hydrogen) atoms. The van der Waals surface area contributed by atoms with Crippen LogP contribution >= 0.6 is 11.8 Å². The third-order valence-electron chi connectivity index (χ3n) is 9.00. The molecule has 2 aliphatic heterocycles. The lowest BCUT2D eigenvalue weighted by molar-refractivity contribution is 0.0954. The molecular weight excluding hydrogens is 623 g/mol. The third-order valence-corrected chi connectivity index (χ3v) is 10.1. The van der Waals surface area contributed by atoms with Gasteiger partial charge in [-0.1, -0.05) is 86.5 Å². The van der Waals surface area contributed by atoms with Crippen molar-refractivity contribution in [2.75, 3.05) is 29.4 Å². The highest BCUT2D eigenvalue weighted by atomic mass is 32.2. The molecule has 0 saturated heterocycles. The van der Waals surface area contributed by atoms with Crippen molar-refractivity contribution in [1.82, 2.24) is 0 Å². The van der Waals surface area contributed by atoms with Gasteiger partial charge < -0.3 is 14.5 Å². The van der Waals surface area contributed by atoms with Crippen LogP contribution in [0, 0.1) is 34.0 Å². The highest BCUT2D eigenvalue weighted by Gasteiger charge is 2.38. The van der Waals surface area contributed by atoms with Crippen molar-refractivity contribution >= 4 is 47.1 Å². The van der Waals surface area contributed by atoms with Crippen molar-refractivity contribution in [3.05, 3.63) is 106 Å². The molecule has 0 radical (unpaired) electrons. The monoisotopic (exact) mass is 665 g/mol. The Morgan fingerprint density at radius 2 is 1.43 bits per heavy atom. The van der Waals surface area contributed by atoms with E-state index in [2.05, 4.69) is 109 Å². The van der Waals surface area contributed by atoms with Crippen molar-refractivity contribution in [1.29, 1.82) is 15.8 Å². The third kappa shape index (κ3) is 7.78. The molecule has 0 amide bonds. The smallest absolute Gasteiger partial charge is 0.172 e. The molecule has 0 saturated carbocycles. The number of ether oxygens (including phenoxy) is 1. The molecule has 5 rings (SSSR count). The second-order valence-corrected chi connectivity index (χ2v) is 13.7. The average molecular weight is 666 g/mol. The van der Waals surface area contributed by atoms with Crippen molar-refractivity contribution in [2.45, 2.75) is 75.7 Å². The molecule has 2 heterocycles. The maximum Gasteiger partial charge on any atom is 0.172 e. The molecule has 0 spiro atoms. The zero-order valence-corrected chi connectivity index (χ0v) is 29.9. The van der Waals surface area contributed by atoms with E-state index in [-0.39, 0.29) is 16.9 Å². The van der Waals surface area contributed by atoms with Crippen LogP contribution in [0.1, 0.15) is 77.0 Å². The van der Waals surface area contributed by atoms with Crippen LogP contribution in [0.4, 0.5) is 17.1 Å². The SMILES string of the molecule is CCCCCCN1c2ccc(/C=C/c3ccc(N(CC)CC)cc3)cc2Sc2ccc(/C=C/C3=C(C#N)C(=C(C#N)C#N)OC3(C)C)cc21. The normalized spacial score (nSPS) is 14.7. The first kappa shape index (κ1) is 35.2. The van der Waals surface area contributed by atoms with E-state index in [9.17, 15) is 15.8 Å². The van der Waals surface area contributed by atoms with E-state index in [1.165, 1.54) is 57.2 Å². The summed E-state index contributed by atoms with van der Waals surface area (Å²) in [6, 6.07) is 27.9. The first-order valence-corrected chi connectivity index (χ1v) is 17.9. The van der Waals surface area contributed by atoms with E-state index in [1.54, 1.807) is 11.8 Å². The van der Waals surface area contributed by atoms with Gasteiger partial charge in [-0.3, -0.25) is 0 Å². The van der Waals surface area contributed by atoms with Gasteiger partial charge in [-0.15, -0.1) is 0 Å². The lowest BCUT2D eigenvalue weighted by atomic mass is 9.94. The lowest BCUT2D eigenvalue weighted by Gasteiger charge is -2.33. The van der Waals surface area contributed by atoms with Gasteiger partial charge in [0.15, 0.2) is 11.3 Å². The molecule has 0 unspecified atom stereocenters. The maximum atomic E-state index is 9.95. The number of hydrogen-bond acceptors (Lipinski definition) is 7. The predicted molar refractivity (Wildman–Crippen MR) is 202 cm³/mol. The number of nitriles is 3. The van der Waals surface area contributed by atoms with E-state index < -0.39 is 5.60 Å². The van der Waals surface area contributed by atoms with Crippen LogP contribution in [-0.4, -0.2) is 25.2 Å². The topological polar surface area (TPSA) is 87.1 Å². The van der Waals surface area contributed by atoms with Gasteiger partial charge >= 0.3 is 0 Å². The number of unbranched alkanes of at least 4 members (excludes halogenated alkanes) is 3. The average Bonchev–Trinajstić information content (AvgIpc) is 3.37. The Labute approximate surface area is 295 Å². The Bertz CT molecular complexity index is 1930. The van der Waals surface area contributed by atoms with Crippen LogP contribution in [0.5, 0.6) is 0 Å². The summed E-state index contributed by atoms with van der Waals surface area (Å²) in [5.41, 5.74) is 6.78. The minimum absolute atomic E-state index is 0.0521. The summed E-state index contributed by atoms with van der Waals surface area (Å²) >= 11 is 1.80. The highest BCUT2D eigenvalue weighted by molar-refractivity contribution is 7.99. The van der Waals surface area contributed by atoms with Crippen LogP contribution in [-0.2, 0) is 4.74 Å². The number of rotatable bonds is 12. The Morgan fingerprint density at radius 1 is 0.776 bits per heavy atom. The maximum absolute atomic E-state index is 9.95. The van der Waals surface area contributed by atoms with E-state index in [0.29, 0.717) is 5.57 Å². The first-order chi connectivity index (χ1) is 23.8. The van der Waals surface area contributed by atoms with E-state index in [1.807, 2.05) is 38.1 Å². The van der Waals surface area contributed by atoms with Crippen molar-refractivity contribution < 1.29 is 4.74 Å². The van der Waals surface area contributed by atoms with Gasteiger partial charge in [0.25, 0.3) is 0 Å². The molecule has 6 nitrogen and oxygen atoms in total. The van der Waals surface area contributed by atoms with Crippen LogP contribution < -0.4 is 9.80 Å². The number of allylic oxidation sites excluding steroid dienone is 2. The van der Waals surface area contributed by atoms with E-state index in [0.717, 1.165) is 31.6 Å². The number of hydrogen-bond donors (Lipinski definition) is 0. The Hall–Kier alpha value is -5.16. The van der Waals surface area contributed by atoms with E-state index in [4.69, 9.17) is 4.74 Å². The second kappa shape index (κ2) is 15.8. The summed E-state index contributed by atoms with van der Waals surface area (Å²) in [6.45, 7) is 13.2. The summed E-state index contributed by atoms with van der Waals surface area (Å²) in [4.78, 5) is 7.24. The van der Waals surface area contributed by atoms with Crippen LogP contribution in [0.25, 0.3) is 18.2 Å². The summed E-state index contributed by atoms with van der Waals surface area (Å²) < 4.78 is 5.95. The largest absolute Gasteiger partial charge is 0.480 e. The zero-order valence-electron chi connectivity index (χ0n) is 29.1. The molecular formula is C42H43N5OS. The molecule has 7 heteroatoms. The second-order valence-electron chi connectivity index (χ2n) is 12.6. The van der Waals surface area contributed by atoms with Crippen LogP contribution in [0.15, 0.2) is 99.0 Å². The standard InChI is InChI=1S/C42H43N5OS/c1-6-9-10-11-24-47-37-22-17-32(13-12-30-14-19-34(20-15-30)46(7-2)8-3)26-40(37)49-39-23-18-31(25-38(39)47)16-21-36-35(29-45)41(33(27-43)28-44)48-42(36,4)5/h12-23,25-26H,6-11,24H2,1-5H3/b13-12+,21-16+. The Balaban J connectivity index is 1.44. The molecule has 3 aromatic rings. The summed E-state index contributed by atoms with van der Waals surface area (Å²) in [6.07, 6.45) is 12.9. The summed E-state index contributed by atoms with van der Waals surface area (Å²) in [5, 5.41) is 28.8. The number of nitrogens with zero attached hydrogens (tertiary/aromatic N) is 5. The van der Waals surface area contributed by atoms with Gasteiger partial charge in [-0.25, -0.2) is 0 Å². The molecule has 0 fully saturated rings. The van der Waals surface area contributed by atoms with Gasteiger partial charge in [0.2, 0.25) is 0 Å². The molecule has 248 valence electrons. The van der Waals surface area contributed by atoms with Gasteiger partial charge in [0.05, 0.1) is 11.4 Å². The lowest BCUT2D eigenvalue weighted by Crippen LogP contribution is -2.22. The quantitative estimate of drug-likeness (QED) is 0.108. The Kier molecular flexibility index (Phi) is 11.4. The Morgan fingerprint density at radius 3 is 2.10 bits per heavy atom. The minimum atomic E-state index is -0.856. The van der Waals surface area contributed by atoms with Gasteiger partial charge in [-0.2, -0.15) is 15.8 Å². The fourth-order valence-corrected chi connectivity index (χ4v) is 7.42. The minimum Gasteiger partial charge on any atom is -0.480 e. The van der Waals surface area contributed by atoms with Gasteiger partial charge in [0, 0.05) is 40.7 Å². The summed E-state index contributed by atoms with van der Waals surface area (Å²) in [5.74, 6) is 0.0521. The number of benzene rings is 3. The van der Waals surface area contributed by atoms with Crippen LogP contribution in [0.3, 0.4) is 0 Å². The molecule has 0 bridgehead atoms. The summed E-state index contributed by atoms with van der Waals surface area (Å²) in [7, 11) is 0. The number of fused-ring (bicyclic) bond motifs is 2. The van der Waals surface area contributed by atoms with Crippen molar-refractivity contribution in [3.8, 4) is 18.2 Å². The van der Waals surface area contributed by atoms with Gasteiger partial charge in [0.1, 0.15) is 29.4 Å². The fourth-order valence-electron chi connectivity index (χ4n) is 6.30. The molecule has 0 atom stereocenters. The van der Waals surface area contributed by atoms with Crippen molar-refractivity contribution in [2.24, 2.45) is 0 Å². The first-order valence-electron chi connectivity index (χ1n) is 17.1. The molecule has 0 aromatic heterocycles. The fraction of sp³-hybridized carbons (Fsp3) is 0.310. The molecule has 3 aromatic carbocycles. The zero-order chi connectivity index (χ0) is 35.0. The predicted octanol–water partition coefficient (Wildman–Crippen LogP) is 10.8. The van der Waals surface area contributed by atoms with Gasteiger partial charge in [-0.05, 0) is 87.2 Å². The molecule has 2 aliphatic rings. The molecule has 0 N–H and O–H groups in total. The molecule has 0 aliphatic carbocycles. The number of anilines is 3. The highest BCUT2D eigenvalue weighted by Crippen LogP contribution is 2.49. The van der Waals surface area contributed by atoms with Crippen LogP contribution in [0.2, 0.25) is 0 Å². The van der Waals surface area contributed by atoms with E-state index >= 15 is 0 Å². The van der Waals surface area contributed by atoms with Crippen molar-refractivity contribution in [3.63, 3.8) is 0 Å².